The van der Waals surface area contributed by atoms with Crippen molar-refractivity contribution >= 4 is 15.8 Å². The van der Waals surface area contributed by atoms with Crippen LogP contribution in [0.15, 0.2) is 23.1 Å². The highest BCUT2D eigenvalue weighted by Gasteiger charge is 2.19. The number of aromatic carboxylic acids is 1. The molecule has 6 nitrogen and oxygen atoms in total. The van der Waals surface area contributed by atoms with Crippen molar-refractivity contribution in [1.29, 1.82) is 0 Å². The SMILES string of the molecule is COCCCCS(=O)(=O)c1ccc(OC)c(C(=O)O)c1. The van der Waals surface area contributed by atoms with E-state index in [1.165, 1.54) is 19.2 Å². The van der Waals surface area contributed by atoms with Crippen molar-refractivity contribution in [3.05, 3.63) is 23.8 Å². The number of carbonyl (C=O) groups is 1. The number of ether oxygens (including phenoxy) is 2. The van der Waals surface area contributed by atoms with E-state index in [9.17, 15) is 13.2 Å². The van der Waals surface area contributed by atoms with Gasteiger partial charge in [-0.1, -0.05) is 0 Å². The molecule has 1 aromatic carbocycles. The standard InChI is InChI=1S/C13H18O6S/c1-18-7-3-4-8-20(16,17)10-5-6-12(19-2)11(9-10)13(14)15/h5-6,9H,3-4,7-8H2,1-2H3,(H,14,15). The van der Waals surface area contributed by atoms with Gasteiger partial charge in [0.05, 0.1) is 17.8 Å². The first kappa shape index (κ1) is 16.5. The van der Waals surface area contributed by atoms with Crippen molar-refractivity contribution in [2.75, 3.05) is 26.6 Å². The lowest BCUT2D eigenvalue weighted by molar-refractivity contribution is 0.0693. The van der Waals surface area contributed by atoms with E-state index in [1.54, 1.807) is 7.11 Å². The highest BCUT2D eigenvalue weighted by molar-refractivity contribution is 7.91. The van der Waals surface area contributed by atoms with E-state index in [2.05, 4.69) is 0 Å². The largest absolute Gasteiger partial charge is 0.496 e. The summed E-state index contributed by atoms with van der Waals surface area (Å²) in [4.78, 5) is 11.1. The van der Waals surface area contributed by atoms with Gasteiger partial charge in [0.1, 0.15) is 11.3 Å². The summed E-state index contributed by atoms with van der Waals surface area (Å²) in [5.41, 5.74) is -0.162. The van der Waals surface area contributed by atoms with Crippen LogP contribution in [0.1, 0.15) is 23.2 Å². The van der Waals surface area contributed by atoms with Gasteiger partial charge < -0.3 is 14.6 Å². The molecule has 0 heterocycles. The zero-order chi connectivity index (χ0) is 15.2. The van der Waals surface area contributed by atoms with E-state index >= 15 is 0 Å². The summed E-state index contributed by atoms with van der Waals surface area (Å²) in [6.45, 7) is 0.499. The first-order valence-electron chi connectivity index (χ1n) is 6.05. The maximum atomic E-state index is 12.1. The average Bonchev–Trinajstić information content (AvgIpc) is 2.42. The minimum atomic E-state index is -3.50. The molecule has 0 radical (unpaired) electrons. The van der Waals surface area contributed by atoms with E-state index < -0.39 is 15.8 Å². The second kappa shape index (κ2) is 7.25. The Morgan fingerprint density at radius 1 is 1.25 bits per heavy atom. The van der Waals surface area contributed by atoms with E-state index in [4.69, 9.17) is 14.6 Å². The number of rotatable bonds is 8. The van der Waals surface area contributed by atoms with Crippen LogP contribution in [0.25, 0.3) is 0 Å². The fourth-order valence-electron chi connectivity index (χ4n) is 1.70. The van der Waals surface area contributed by atoms with E-state index in [-0.39, 0.29) is 22.0 Å². The van der Waals surface area contributed by atoms with Crippen LogP contribution >= 0.6 is 0 Å². The van der Waals surface area contributed by atoms with Crippen LogP contribution in [-0.2, 0) is 14.6 Å². The molecule has 1 aromatic rings. The summed E-state index contributed by atoms with van der Waals surface area (Å²) in [7, 11) is -0.609. The topological polar surface area (TPSA) is 89.9 Å². The Kier molecular flexibility index (Phi) is 5.97. The van der Waals surface area contributed by atoms with Gasteiger partial charge in [-0.05, 0) is 31.0 Å². The molecule has 0 saturated heterocycles. The molecule has 0 aliphatic carbocycles. The number of carboxylic acids is 1. The minimum Gasteiger partial charge on any atom is -0.496 e. The lowest BCUT2D eigenvalue weighted by Gasteiger charge is -2.08. The fraction of sp³-hybridized carbons (Fsp3) is 0.462. The zero-order valence-electron chi connectivity index (χ0n) is 11.5. The van der Waals surface area contributed by atoms with Crippen molar-refractivity contribution in [1.82, 2.24) is 0 Å². The Bertz CT molecular complexity index is 564. The van der Waals surface area contributed by atoms with Crippen LogP contribution in [0.4, 0.5) is 0 Å². The monoisotopic (exact) mass is 302 g/mol. The van der Waals surface area contributed by atoms with Crippen LogP contribution < -0.4 is 4.74 Å². The van der Waals surface area contributed by atoms with Crippen LogP contribution in [0.5, 0.6) is 5.75 Å². The second-order valence-electron chi connectivity index (χ2n) is 4.19. The third kappa shape index (κ3) is 4.21. The average molecular weight is 302 g/mol. The van der Waals surface area contributed by atoms with E-state index in [1.807, 2.05) is 0 Å². The lowest BCUT2D eigenvalue weighted by atomic mass is 10.2. The summed E-state index contributed by atoms with van der Waals surface area (Å²) < 4.78 is 33.9. The molecule has 0 unspecified atom stereocenters. The zero-order valence-corrected chi connectivity index (χ0v) is 12.3. The van der Waals surface area contributed by atoms with Gasteiger partial charge in [-0.2, -0.15) is 0 Å². The van der Waals surface area contributed by atoms with Gasteiger partial charge >= 0.3 is 5.97 Å². The van der Waals surface area contributed by atoms with Gasteiger partial charge in [0.25, 0.3) is 0 Å². The maximum Gasteiger partial charge on any atom is 0.339 e. The molecule has 0 fully saturated rings. The molecule has 0 aliphatic rings. The van der Waals surface area contributed by atoms with Gasteiger partial charge in [-0.25, -0.2) is 13.2 Å². The minimum absolute atomic E-state index is 0.00637. The normalized spacial score (nSPS) is 11.3. The Morgan fingerprint density at radius 2 is 1.95 bits per heavy atom. The predicted octanol–water partition coefficient (Wildman–Crippen LogP) is 1.59. The number of unbranched alkanes of at least 4 members (excludes halogenated alkanes) is 1. The number of sulfone groups is 1. The molecule has 112 valence electrons. The van der Waals surface area contributed by atoms with E-state index in [0.717, 1.165) is 6.07 Å². The molecular weight excluding hydrogens is 284 g/mol. The Labute approximate surface area is 118 Å². The number of benzene rings is 1. The fourth-order valence-corrected chi connectivity index (χ4v) is 3.10. The molecule has 1 N–H and O–H groups in total. The van der Waals surface area contributed by atoms with Crippen LogP contribution in [0.3, 0.4) is 0 Å². The smallest absolute Gasteiger partial charge is 0.339 e. The summed E-state index contributed by atoms with van der Waals surface area (Å²) in [6.07, 6.45) is 1.10. The van der Waals surface area contributed by atoms with Crippen molar-refractivity contribution in [2.24, 2.45) is 0 Å². The van der Waals surface area contributed by atoms with Gasteiger partial charge in [0.15, 0.2) is 9.84 Å². The number of carboxylic acid groups (broad SMARTS) is 1. The first-order valence-corrected chi connectivity index (χ1v) is 7.70. The molecule has 0 spiro atoms. The maximum absolute atomic E-state index is 12.1. The number of hydrogen-bond acceptors (Lipinski definition) is 5. The van der Waals surface area contributed by atoms with Gasteiger partial charge in [-0.15, -0.1) is 0 Å². The summed E-state index contributed by atoms with van der Waals surface area (Å²) >= 11 is 0. The van der Waals surface area contributed by atoms with E-state index in [0.29, 0.717) is 19.4 Å². The quantitative estimate of drug-likeness (QED) is 0.733. The van der Waals surface area contributed by atoms with Crippen LogP contribution in [0.2, 0.25) is 0 Å². The number of methoxy groups -OCH3 is 2. The predicted molar refractivity (Wildman–Crippen MR) is 73.1 cm³/mol. The summed E-state index contributed by atoms with van der Waals surface area (Å²) in [6, 6.07) is 3.84. The van der Waals surface area contributed by atoms with Gasteiger partial charge in [-0.3, -0.25) is 0 Å². The molecule has 0 aromatic heterocycles. The summed E-state index contributed by atoms with van der Waals surface area (Å²) in [5.74, 6) is -1.13. The van der Waals surface area contributed by atoms with Crippen molar-refractivity contribution in [3.63, 3.8) is 0 Å². The molecule has 0 aliphatic heterocycles. The second-order valence-corrected chi connectivity index (χ2v) is 6.30. The van der Waals surface area contributed by atoms with Crippen LogP contribution in [-0.4, -0.2) is 46.1 Å². The summed E-state index contributed by atoms with van der Waals surface area (Å²) in [5, 5.41) is 9.04. The molecule has 20 heavy (non-hydrogen) atoms. The van der Waals surface area contributed by atoms with Gasteiger partial charge in [0.2, 0.25) is 0 Å². The van der Waals surface area contributed by atoms with Crippen LogP contribution in [0, 0.1) is 0 Å². The highest BCUT2D eigenvalue weighted by Crippen LogP contribution is 2.23. The Morgan fingerprint density at radius 3 is 2.50 bits per heavy atom. The third-order valence-electron chi connectivity index (χ3n) is 2.77. The molecule has 7 heteroatoms. The Hall–Kier alpha value is -1.60. The Balaban J connectivity index is 2.95. The lowest BCUT2D eigenvalue weighted by Crippen LogP contribution is -2.10. The van der Waals surface area contributed by atoms with Crippen molar-refractivity contribution < 1.29 is 27.8 Å². The first-order chi connectivity index (χ1) is 9.42. The van der Waals surface area contributed by atoms with Gasteiger partial charge in [0, 0.05) is 13.7 Å². The van der Waals surface area contributed by atoms with Crippen molar-refractivity contribution in [2.45, 2.75) is 17.7 Å². The molecule has 1 rings (SSSR count). The highest BCUT2D eigenvalue weighted by atomic mass is 32.2. The molecule has 0 bridgehead atoms. The molecule has 0 saturated carbocycles. The van der Waals surface area contributed by atoms with Crippen molar-refractivity contribution in [3.8, 4) is 5.75 Å². The third-order valence-corrected chi connectivity index (χ3v) is 4.57. The number of hydrogen-bond donors (Lipinski definition) is 1. The molecule has 0 atom stereocenters. The molecular formula is C13H18O6S. The molecule has 0 amide bonds.